The summed E-state index contributed by atoms with van der Waals surface area (Å²) in [5, 5.41) is 19.5. The Morgan fingerprint density at radius 1 is 1.56 bits per heavy atom. The number of rotatable bonds is 7. The van der Waals surface area contributed by atoms with E-state index in [1.165, 1.54) is 12.1 Å². The van der Waals surface area contributed by atoms with E-state index in [0.29, 0.717) is 12.4 Å². The molecule has 7 heteroatoms. The molecule has 0 unspecified atom stereocenters. The van der Waals surface area contributed by atoms with Crippen LogP contribution in [-0.4, -0.2) is 34.6 Å². The van der Waals surface area contributed by atoms with Gasteiger partial charge in [-0.15, -0.1) is 0 Å². The van der Waals surface area contributed by atoms with Crippen molar-refractivity contribution < 1.29 is 19.6 Å². The highest BCUT2D eigenvalue weighted by molar-refractivity contribution is 7.98. The number of benzene rings is 1. The van der Waals surface area contributed by atoms with Crippen LogP contribution in [0.25, 0.3) is 0 Å². The van der Waals surface area contributed by atoms with Crippen LogP contribution in [0.15, 0.2) is 18.2 Å². The van der Waals surface area contributed by atoms with Crippen molar-refractivity contribution in [2.24, 2.45) is 0 Å². The molecule has 0 aliphatic rings. The highest BCUT2D eigenvalue weighted by Crippen LogP contribution is 2.24. The molecule has 98 valence electrons. The number of ether oxygens (including phenoxy) is 1. The minimum Gasteiger partial charge on any atom is -0.494 e. The van der Waals surface area contributed by atoms with E-state index in [-0.39, 0.29) is 5.56 Å². The third kappa shape index (κ3) is 3.92. The number of aromatic carboxylic acids is 1. The van der Waals surface area contributed by atoms with Gasteiger partial charge in [-0.25, -0.2) is 4.79 Å². The molecule has 1 aromatic carbocycles. The van der Waals surface area contributed by atoms with Crippen molar-refractivity contribution in [2.45, 2.75) is 6.42 Å². The Labute approximate surface area is 108 Å². The van der Waals surface area contributed by atoms with Gasteiger partial charge in [-0.1, -0.05) is 0 Å². The number of carboxylic acids is 1. The molecule has 0 aromatic heterocycles. The van der Waals surface area contributed by atoms with Gasteiger partial charge < -0.3 is 9.84 Å². The molecular weight excluding hydrogens is 258 g/mol. The largest absolute Gasteiger partial charge is 0.494 e. The maximum absolute atomic E-state index is 10.9. The Bertz CT molecular complexity index is 449. The lowest BCUT2D eigenvalue weighted by Gasteiger charge is -2.06. The van der Waals surface area contributed by atoms with Crippen molar-refractivity contribution in [3.8, 4) is 5.75 Å². The van der Waals surface area contributed by atoms with E-state index in [0.717, 1.165) is 18.2 Å². The van der Waals surface area contributed by atoms with Crippen LogP contribution < -0.4 is 4.74 Å². The molecule has 0 heterocycles. The van der Waals surface area contributed by atoms with E-state index >= 15 is 0 Å². The van der Waals surface area contributed by atoms with Crippen LogP contribution >= 0.6 is 11.8 Å². The summed E-state index contributed by atoms with van der Waals surface area (Å²) in [6.07, 6.45) is 2.81. The number of nitro benzene ring substituents is 1. The zero-order valence-electron chi connectivity index (χ0n) is 9.79. The highest BCUT2D eigenvalue weighted by atomic mass is 32.2. The van der Waals surface area contributed by atoms with E-state index < -0.39 is 16.6 Å². The Balaban J connectivity index is 2.80. The molecule has 0 spiro atoms. The van der Waals surface area contributed by atoms with Gasteiger partial charge in [0, 0.05) is 12.1 Å². The molecule has 1 aromatic rings. The molecular formula is C11H13NO5S. The van der Waals surface area contributed by atoms with Gasteiger partial charge in [-0.3, -0.25) is 10.1 Å². The maximum Gasteiger partial charge on any atom is 0.342 e. The summed E-state index contributed by atoms with van der Waals surface area (Å²) in [4.78, 5) is 20.8. The lowest BCUT2D eigenvalue weighted by molar-refractivity contribution is -0.385. The number of hydrogen-bond donors (Lipinski definition) is 1. The van der Waals surface area contributed by atoms with Crippen LogP contribution in [0.5, 0.6) is 5.75 Å². The smallest absolute Gasteiger partial charge is 0.342 e. The minimum absolute atomic E-state index is 0.333. The second kappa shape index (κ2) is 6.85. The third-order valence-corrected chi connectivity index (χ3v) is 2.85. The van der Waals surface area contributed by atoms with Crippen molar-refractivity contribution in [1.29, 1.82) is 0 Å². The first-order valence-electron chi connectivity index (χ1n) is 5.19. The van der Waals surface area contributed by atoms with Crippen molar-refractivity contribution in [1.82, 2.24) is 0 Å². The molecule has 0 bridgehead atoms. The standard InChI is InChI=1S/C11H13NO5S/c1-18-6-2-5-17-8-3-4-10(12(15)16)9(7-8)11(13)14/h3-4,7H,2,5-6H2,1H3,(H,13,14). The Morgan fingerprint density at radius 2 is 2.28 bits per heavy atom. The monoisotopic (exact) mass is 271 g/mol. The first-order valence-corrected chi connectivity index (χ1v) is 6.59. The fraction of sp³-hybridized carbons (Fsp3) is 0.364. The Hall–Kier alpha value is -1.76. The van der Waals surface area contributed by atoms with Gasteiger partial charge in [0.25, 0.3) is 5.69 Å². The number of nitro groups is 1. The summed E-state index contributed by atoms with van der Waals surface area (Å²) in [6, 6.07) is 3.73. The summed E-state index contributed by atoms with van der Waals surface area (Å²) in [6.45, 7) is 0.456. The van der Waals surface area contributed by atoms with Crippen molar-refractivity contribution in [2.75, 3.05) is 18.6 Å². The minimum atomic E-state index is -1.34. The average molecular weight is 271 g/mol. The average Bonchev–Trinajstić information content (AvgIpc) is 2.34. The first-order chi connectivity index (χ1) is 8.56. The predicted octanol–water partition coefficient (Wildman–Crippen LogP) is 2.42. The quantitative estimate of drug-likeness (QED) is 0.465. The van der Waals surface area contributed by atoms with Crippen molar-refractivity contribution in [3.63, 3.8) is 0 Å². The molecule has 0 radical (unpaired) electrons. The molecule has 0 saturated carbocycles. The number of nitrogens with zero attached hydrogens (tertiary/aromatic N) is 1. The lowest BCUT2D eigenvalue weighted by atomic mass is 10.1. The van der Waals surface area contributed by atoms with Gasteiger partial charge in [0.1, 0.15) is 11.3 Å². The molecule has 1 N–H and O–H groups in total. The molecule has 0 aliphatic heterocycles. The summed E-state index contributed by atoms with van der Waals surface area (Å²) in [5.74, 6) is -0.0611. The summed E-state index contributed by atoms with van der Waals surface area (Å²) >= 11 is 1.69. The van der Waals surface area contributed by atoms with Crippen LogP contribution in [0.1, 0.15) is 16.8 Å². The van der Waals surface area contributed by atoms with E-state index in [2.05, 4.69) is 0 Å². The SMILES string of the molecule is CSCCCOc1ccc([N+](=O)[O-])c(C(=O)O)c1. The predicted molar refractivity (Wildman–Crippen MR) is 68.5 cm³/mol. The molecule has 0 aliphatic carbocycles. The summed E-state index contributed by atoms with van der Waals surface area (Å²) in [5.41, 5.74) is -0.790. The van der Waals surface area contributed by atoms with Crippen LogP contribution in [0.3, 0.4) is 0 Å². The molecule has 18 heavy (non-hydrogen) atoms. The molecule has 0 amide bonds. The fourth-order valence-corrected chi connectivity index (χ4v) is 1.74. The fourth-order valence-electron chi connectivity index (χ4n) is 1.33. The number of carboxylic acid groups (broad SMARTS) is 1. The topological polar surface area (TPSA) is 89.7 Å². The van der Waals surface area contributed by atoms with Crippen molar-refractivity contribution >= 4 is 23.4 Å². The van der Waals surface area contributed by atoms with Gasteiger partial charge in [-0.2, -0.15) is 11.8 Å². The van der Waals surface area contributed by atoms with E-state index in [1.54, 1.807) is 11.8 Å². The van der Waals surface area contributed by atoms with Gasteiger partial charge >= 0.3 is 5.97 Å². The van der Waals surface area contributed by atoms with E-state index in [9.17, 15) is 14.9 Å². The first kappa shape index (κ1) is 14.3. The molecule has 0 atom stereocenters. The second-order valence-corrected chi connectivity index (χ2v) is 4.42. The maximum atomic E-state index is 10.9. The van der Waals surface area contributed by atoms with Crippen LogP contribution in [0.2, 0.25) is 0 Å². The molecule has 1 rings (SSSR count). The lowest BCUT2D eigenvalue weighted by Crippen LogP contribution is -2.04. The molecule has 0 saturated heterocycles. The summed E-state index contributed by atoms with van der Waals surface area (Å²) < 4.78 is 5.33. The van der Waals surface area contributed by atoms with Crippen LogP contribution in [0.4, 0.5) is 5.69 Å². The number of thioether (sulfide) groups is 1. The van der Waals surface area contributed by atoms with Crippen molar-refractivity contribution in [3.05, 3.63) is 33.9 Å². The highest BCUT2D eigenvalue weighted by Gasteiger charge is 2.20. The van der Waals surface area contributed by atoms with Gasteiger partial charge in [0.15, 0.2) is 0 Å². The number of hydrogen-bond acceptors (Lipinski definition) is 5. The third-order valence-electron chi connectivity index (χ3n) is 2.16. The normalized spacial score (nSPS) is 10.1. The number of carbonyl (C=O) groups is 1. The zero-order chi connectivity index (χ0) is 13.5. The van der Waals surface area contributed by atoms with E-state index in [1.807, 2.05) is 6.26 Å². The van der Waals surface area contributed by atoms with Crippen LogP contribution in [-0.2, 0) is 0 Å². The second-order valence-electron chi connectivity index (χ2n) is 3.44. The van der Waals surface area contributed by atoms with E-state index in [4.69, 9.17) is 9.84 Å². The van der Waals surface area contributed by atoms with Gasteiger partial charge in [0.2, 0.25) is 0 Å². The Morgan fingerprint density at radius 3 is 2.83 bits per heavy atom. The van der Waals surface area contributed by atoms with Crippen LogP contribution in [0, 0.1) is 10.1 Å². The summed E-state index contributed by atoms with van der Waals surface area (Å²) in [7, 11) is 0. The van der Waals surface area contributed by atoms with Gasteiger partial charge in [0.05, 0.1) is 11.5 Å². The Kier molecular flexibility index (Phi) is 5.44. The zero-order valence-corrected chi connectivity index (χ0v) is 10.6. The molecule has 0 fully saturated rings. The van der Waals surface area contributed by atoms with Gasteiger partial charge in [-0.05, 0) is 24.5 Å². The molecule has 6 nitrogen and oxygen atoms in total.